The van der Waals surface area contributed by atoms with E-state index in [9.17, 15) is 17.3 Å². The largest absolute Gasteiger partial charge is 0.673 e. The third-order valence-corrected chi connectivity index (χ3v) is 1.34. The molecule has 0 saturated heterocycles. The van der Waals surface area contributed by atoms with Gasteiger partial charge < -0.3 is 22.2 Å². The molecule has 2 nitrogen and oxygen atoms in total. The Balaban J connectivity index is 0.000000292. The summed E-state index contributed by atoms with van der Waals surface area (Å²) in [5.41, 5.74) is 0. The molecule has 0 spiro atoms. The number of halogens is 4. The van der Waals surface area contributed by atoms with Crippen LogP contribution in [0.1, 0.15) is 0 Å². The summed E-state index contributed by atoms with van der Waals surface area (Å²) >= 11 is 0. The normalized spacial score (nSPS) is 20.0. The minimum absolute atomic E-state index is 0.924. The fourth-order valence-electron chi connectivity index (χ4n) is 0.766. The Morgan fingerprint density at radius 3 is 2.00 bits per heavy atom. The third kappa shape index (κ3) is 7.42. The van der Waals surface area contributed by atoms with Crippen LogP contribution in [0.3, 0.4) is 0 Å². The van der Waals surface area contributed by atoms with Crippen LogP contribution >= 0.6 is 0 Å². The minimum atomic E-state index is -6.00. The van der Waals surface area contributed by atoms with Crippen LogP contribution in [0.2, 0.25) is 0 Å². The zero-order valence-corrected chi connectivity index (χ0v) is 7.47. The summed E-state index contributed by atoms with van der Waals surface area (Å²) in [6.45, 7) is 8.22. The lowest BCUT2D eigenvalue weighted by Crippen LogP contribution is -3.02. The van der Waals surface area contributed by atoms with Crippen molar-refractivity contribution in [1.82, 2.24) is 4.90 Å². The van der Waals surface area contributed by atoms with E-state index in [1.54, 1.807) is 6.20 Å². The number of nitrogens with zero attached hydrogens (tertiary/aromatic N) is 1. The molecule has 0 aromatic heterocycles. The van der Waals surface area contributed by atoms with Gasteiger partial charge in [0.05, 0.1) is 12.4 Å². The molecule has 1 N–H and O–H groups in total. The number of hydrogen-bond donors (Lipinski definition) is 1. The highest BCUT2D eigenvalue weighted by molar-refractivity contribution is 6.50. The summed E-state index contributed by atoms with van der Waals surface area (Å²) in [4.78, 5) is 3.26. The summed E-state index contributed by atoms with van der Waals surface area (Å²) in [5, 5.41) is 0. The van der Waals surface area contributed by atoms with Crippen molar-refractivity contribution in [3.8, 4) is 0 Å². The average Bonchev–Trinajstić information content (AvgIpc) is 2.48. The van der Waals surface area contributed by atoms with Gasteiger partial charge in [0.1, 0.15) is 6.20 Å². The van der Waals surface area contributed by atoms with Gasteiger partial charge in [0, 0.05) is 6.20 Å². The van der Waals surface area contributed by atoms with Gasteiger partial charge in [0.25, 0.3) is 0 Å². The molecule has 0 amide bonds. The first-order valence-electron chi connectivity index (χ1n) is 3.79. The maximum absolute atomic E-state index is 9.75. The lowest BCUT2D eigenvalue weighted by atomic mass is 10.3. The van der Waals surface area contributed by atoms with E-state index in [2.05, 4.69) is 13.2 Å². The van der Waals surface area contributed by atoms with Crippen LogP contribution in [0.25, 0.3) is 0 Å². The van der Waals surface area contributed by atoms with Crippen LogP contribution in [0.15, 0.2) is 38.0 Å². The maximum atomic E-state index is 9.75. The maximum Gasteiger partial charge on any atom is 0.673 e. The van der Waals surface area contributed by atoms with Crippen LogP contribution in [0, 0.1) is 0 Å². The first-order valence-corrected chi connectivity index (χ1v) is 3.79. The van der Waals surface area contributed by atoms with Crippen LogP contribution in [0.4, 0.5) is 17.3 Å². The lowest BCUT2D eigenvalue weighted by molar-refractivity contribution is -0.791. The molecular formula is C7H11BF4N2. The Labute approximate surface area is 79.9 Å². The molecule has 0 aliphatic carbocycles. The monoisotopic (exact) mass is 210 g/mol. The van der Waals surface area contributed by atoms with E-state index < -0.39 is 7.25 Å². The highest BCUT2D eigenvalue weighted by Gasteiger charge is 2.20. The molecule has 80 valence electrons. The Morgan fingerprint density at radius 1 is 1.29 bits per heavy atom. The van der Waals surface area contributed by atoms with Crippen LogP contribution in [0.5, 0.6) is 0 Å². The Kier molecular flexibility index (Phi) is 5.00. The highest BCUT2D eigenvalue weighted by Crippen LogP contribution is 2.06. The molecular weight excluding hydrogens is 199 g/mol. The van der Waals surface area contributed by atoms with Crippen molar-refractivity contribution in [3.63, 3.8) is 0 Å². The second-order valence-electron chi connectivity index (χ2n) is 2.44. The van der Waals surface area contributed by atoms with Crippen molar-refractivity contribution >= 4 is 7.25 Å². The van der Waals surface area contributed by atoms with E-state index in [0.717, 1.165) is 6.67 Å². The second kappa shape index (κ2) is 5.49. The van der Waals surface area contributed by atoms with Gasteiger partial charge in [-0.15, -0.1) is 0 Å². The third-order valence-electron chi connectivity index (χ3n) is 1.34. The van der Waals surface area contributed by atoms with Crippen molar-refractivity contribution in [1.29, 1.82) is 0 Å². The van der Waals surface area contributed by atoms with Crippen LogP contribution in [-0.2, 0) is 0 Å². The molecule has 1 atom stereocenters. The molecule has 1 aliphatic rings. The van der Waals surface area contributed by atoms with E-state index in [-0.39, 0.29) is 0 Å². The predicted molar refractivity (Wildman–Crippen MR) is 47.4 cm³/mol. The zero-order chi connectivity index (χ0) is 11.2. The minimum Gasteiger partial charge on any atom is -0.418 e. The van der Waals surface area contributed by atoms with Crippen molar-refractivity contribution in [2.45, 2.75) is 0 Å². The van der Waals surface area contributed by atoms with E-state index in [1.807, 2.05) is 23.5 Å². The molecule has 1 unspecified atom stereocenters. The van der Waals surface area contributed by atoms with Gasteiger partial charge >= 0.3 is 7.25 Å². The molecule has 1 rings (SSSR count). The molecule has 0 bridgehead atoms. The molecule has 0 radical (unpaired) electrons. The van der Waals surface area contributed by atoms with Gasteiger partial charge in [-0.2, -0.15) is 0 Å². The number of nitrogens with one attached hydrogen (secondary N) is 1. The van der Waals surface area contributed by atoms with Gasteiger partial charge in [-0.25, -0.2) is 0 Å². The van der Waals surface area contributed by atoms with Crippen LogP contribution < -0.4 is 4.90 Å². The summed E-state index contributed by atoms with van der Waals surface area (Å²) in [6.07, 6.45) is 7.69. The van der Waals surface area contributed by atoms with E-state index in [1.165, 1.54) is 4.90 Å². The van der Waals surface area contributed by atoms with Gasteiger partial charge in [0.15, 0.2) is 6.67 Å². The fraction of sp³-hybridized carbons (Fsp3) is 0.143. The van der Waals surface area contributed by atoms with Gasteiger partial charge in [-0.05, 0) is 6.58 Å². The van der Waals surface area contributed by atoms with E-state index in [0.29, 0.717) is 0 Å². The second-order valence-corrected chi connectivity index (χ2v) is 2.44. The first-order chi connectivity index (χ1) is 6.36. The zero-order valence-electron chi connectivity index (χ0n) is 7.47. The summed E-state index contributed by atoms with van der Waals surface area (Å²) in [5.74, 6) is 0. The van der Waals surface area contributed by atoms with Crippen molar-refractivity contribution in [2.75, 3.05) is 6.67 Å². The van der Waals surface area contributed by atoms with Gasteiger partial charge in [-0.1, -0.05) is 6.58 Å². The SMILES string of the molecule is C=CN1C=C[NH+](C=C)C1.F[B-](F)(F)F. The topological polar surface area (TPSA) is 7.68 Å². The number of quaternary nitrogens is 1. The number of rotatable bonds is 2. The van der Waals surface area contributed by atoms with Gasteiger partial charge in [0.2, 0.25) is 0 Å². The fourth-order valence-corrected chi connectivity index (χ4v) is 0.766. The molecule has 0 saturated carbocycles. The Bertz CT molecular complexity index is 204. The predicted octanol–water partition coefficient (Wildman–Crippen LogP) is 1.20. The van der Waals surface area contributed by atoms with Crippen LogP contribution in [-0.4, -0.2) is 18.8 Å². The number of hydrogen-bond acceptors (Lipinski definition) is 1. The van der Waals surface area contributed by atoms with Crippen molar-refractivity contribution in [2.24, 2.45) is 0 Å². The molecule has 1 aliphatic heterocycles. The quantitative estimate of drug-likeness (QED) is 0.531. The summed E-state index contributed by atoms with van der Waals surface area (Å²) in [7, 11) is -6.00. The lowest BCUT2D eigenvalue weighted by Gasteiger charge is -2.07. The first kappa shape index (κ1) is 12.8. The van der Waals surface area contributed by atoms with Crippen molar-refractivity contribution in [3.05, 3.63) is 38.0 Å². The molecule has 14 heavy (non-hydrogen) atoms. The average molecular weight is 210 g/mol. The van der Waals surface area contributed by atoms with E-state index in [4.69, 9.17) is 0 Å². The summed E-state index contributed by atoms with van der Waals surface area (Å²) in [6, 6.07) is 0. The van der Waals surface area contributed by atoms with Crippen molar-refractivity contribution < 1.29 is 22.2 Å². The smallest absolute Gasteiger partial charge is 0.418 e. The standard InChI is InChI=1S/C7H10N2.BF4/c1-3-8-5-6-9(4-2)7-8;2-1(3,4)5/h3-6H,1-2,7H2;/q;-1/p+1. The Hall–Kier alpha value is -1.24. The Morgan fingerprint density at radius 2 is 1.79 bits per heavy atom. The van der Waals surface area contributed by atoms with Gasteiger partial charge in [-0.3, -0.25) is 4.90 Å². The summed E-state index contributed by atoms with van der Waals surface area (Å²) < 4.78 is 39.0. The molecule has 0 aromatic rings. The molecule has 7 heteroatoms. The highest BCUT2D eigenvalue weighted by atomic mass is 19.5. The molecule has 1 heterocycles. The van der Waals surface area contributed by atoms with E-state index >= 15 is 0 Å². The molecule has 0 aromatic carbocycles. The molecule has 0 fully saturated rings.